The Kier molecular flexibility index (Phi) is 7.29. The average Bonchev–Trinajstić information content (AvgIpc) is 2.60. The number of nitrogens with one attached hydrogen (secondary N) is 1. The molecular weight excluding hydrogens is 299 g/mol. The van der Waals surface area contributed by atoms with Crippen LogP contribution in [0.5, 0.6) is 5.75 Å². The van der Waals surface area contributed by atoms with E-state index >= 15 is 0 Å². The number of halogens is 1. The SMILES string of the molecule is COCCN(CCOc1ccc(F)cc1)C(=O)C1CCNCC1. The number of hydrogen-bond donors (Lipinski definition) is 1. The van der Waals surface area contributed by atoms with E-state index < -0.39 is 0 Å². The fraction of sp³-hybridized carbons (Fsp3) is 0.588. The van der Waals surface area contributed by atoms with Crippen molar-refractivity contribution in [2.45, 2.75) is 12.8 Å². The highest BCUT2D eigenvalue weighted by Gasteiger charge is 2.25. The number of carbonyl (C=O) groups is 1. The van der Waals surface area contributed by atoms with Crippen LogP contribution in [-0.2, 0) is 9.53 Å². The third kappa shape index (κ3) is 5.80. The van der Waals surface area contributed by atoms with Gasteiger partial charge in [-0.25, -0.2) is 4.39 Å². The maximum absolute atomic E-state index is 12.9. The maximum Gasteiger partial charge on any atom is 0.225 e. The van der Waals surface area contributed by atoms with E-state index in [1.165, 1.54) is 12.1 Å². The molecule has 128 valence electrons. The second-order valence-electron chi connectivity index (χ2n) is 5.64. The molecule has 0 atom stereocenters. The van der Waals surface area contributed by atoms with Gasteiger partial charge in [-0.15, -0.1) is 0 Å². The number of methoxy groups -OCH3 is 1. The first-order chi connectivity index (χ1) is 11.2. The smallest absolute Gasteiger partial charge is 0.225 e. The molecule has 0 radical (unpaired) electrons. The molecule has 2 rings (SSSR count). The molecule has 0 bridgehead atoms. The van der Waals surface area contributed by atoms with Crippen LogP contribution in [-0.4, -0.2) is 57.3 Å². The zero-order chi connectivity index (χ0) is 16.5. The zero-order valence-electron chi connectivity index (χ0n) is 13.6. The molecule has 0 aliphatic carbocycles. The molecule has 0 aromatic heterocycles. The van der Waals surface area contributed by atoms with Gasteiger partial charge in [0.05, 0.1) is 13.2 Å². The summed E-state index contributed by atoms with van der Waals surface area (Å²) in [6, 6.07) is 5.89. The summed E-state index contributed by atoms with van der Waals surface area (Å²) < 4.78 is 23.6. The topological polar surface area (TPSA) is 50.8 Å². The minimum atomic E-state index is -0.292. The highest BCUT2D eigenvalue weighted by molar-refractivity contribution is 5.79. The van der Waals surface area contributed by atoms with Crippen LogP contribution in [0.2, 0.25) is 0 Å². The Hall–Kier alpha value is -1.66. The van der Waals surface area contributed by atoms with Crippen LogP contribution in [0.1, 0.15) is 12.8 Å². The predicted molar refractivity (Wildman–Crippen MR) is 85.9 cm³/mol. The van der Waals surface area contributed by atoms with E-state index in [9.17, 15) is 9.18 Å². The predicted octanol–water partition coefficient (Wildman–Crippen LogP) is 1.68. The third-order valence-corrected chi connectivity index (χ3v) is 4.01. The van der Waals surface area contributed by atoms with Crippen molar-refractivity contribution in [3.8, 4) is 5.75 Å². The number of piperidine rings is 1. The molecule has 1 aromatic carbocycles. The molecule has 1 fully saturated rings. The van der Waals surface area contributed by atoms with Crippen LogP contribution >= 0.6 is 0 Å². The van der Waals surface area contributed by atoms with Gasteiger partial charge in [0.25, 0.3) is 0 Å². The second-order valence-corrected chi connectivity index (χ2v) is 5.64. The maximum atomic E-state index is 12.9. The van der Waals surface area contributed by atoms with Gasteiger partial charge in [0.15, 0.2) is 0 Å². The lowest BCUT2D eigenvalue weighted by Gasteiger charge is -2.29. The van der Waals surface area contributed by atoms with Gasteiger partial charge >= 0.3 is 0 Å². The standard InChI is InChI=1S/C17H25FN2O3/c1-22-12-10-20(17(21)14-6-8-19-9-7-14)11-13-23-16-4-2-15(18)3-5-16/h2-5,14,19H,6-13H2,1H3. The van der Waals surface area contributed by atoms with Gasteiger partial charge in [-0.05, 0) is 50.2 Å². The van der Waals surface area contributed by atoms with Gasteiger partial charge in [0.1, 0.15) is 18.2 Å². The summed E-state index contributed by atoms with van der Waals surface area (Å²) in [4.78, 5) is 14.4. The van der Waals surface area contributed by atoms with Crippen molar-refractivity contribution in [3.05, 3.63) is 30.1 Å². The fourth-order valence-electron chi connectivity index (χ4n) is 2.67. The number of hydrogen-bond acceptors (Lipinski definition) is 4. The van der Waals surface area contributed by atoms with Crippen molar-refractivity contribution >= 4 is 5.91 Å². The van der Waals surface area contributed by atoms with Crippen LogP contribution in [0.25, 0.3) is 0 Å². The number of rotatable bonds is 8. The Morgan fingerprint density at radius 3 is 2.52 bits per heavy atom. The van der Waals surface area contributed by atoms with Crippen molar-refractivity contribution in [1.82, 2.24) is 10.2 Å². The highest BCUT2D eigenvalue weighted by atomic mass is 19.1. The van der Waals surface area contributed by atoms with Crippen molar-refractivity contribution in [2.75, 3.05) is 46.5 Å². The number of amides is 1. The Bertz CT molecular complexity index is 475. The first-order valence-electron chi connectivity index (χ1n) is 8.07. The van der Waals surface area contributed by atoms with Crippen molar-refractivity contribution in [3.63, 3.8) is 0 Å². The molecule has 0 unspecified atom stereocenters. The second kappa shape index (κ2) is 9.47. The summed E-state index contributed by atoms with van der Waals surface area (Å²) in [7, 11) is 1.63. The zero-order valence-corrected chi connectivity index (χ0v) is 13.6. The van der Waals surface area contributed by atoms with E-state index in [0.717, 1.165) is 25.9 Å². The van der Waals surface area contributed by atoms with Gasteiger partial charge in [-0.3, -0.25) is 4.79 Å². The highest BCUT2D eigenvalue weighted by Crippen LogP contribution is 2.16. The number of ether oxygens (including phenoxy) is 2. The van der Waals surface area contributed by atoms with Crippen molar-refractivity contribution < 1.29 is 18.7 Å². The summed E-state index contributed by atoms with van der Waals surface area (Å²) in [6.07, 6.45) is 1.75. The molecule has 23 heavy (non-hydrogen) atoms. The molecular formula is C17H25FN2O3. The Labute approximate surface area is 136 Å². The third-order valence-electron chi connectivity index (χ3n) is 4.01. The molecule has 1 aliphatic rings. The molecule has 6 heteroatoms. The van der Waals surface area contributed by atoms with Crippen LogP contribution in [0.4, 0.5) is 4.39 Å². The molecule has 0 spiro atoms. The van der Waals surface area contributed by atoms with E-state index in [-0.39, 0.29) is 17.6 Å². The van der Waals surface area contributed by atoms with Crippen LogP contribution in [0, 0.1) is 11.7 Å². The molecule has 0 saturated carbocycles. The Balaban J connectivity index is 1.84. The molecule has 1 amide bonds. The van der Waals surface area contributed by atoms with Crippen molar-refractivity contribution in [2.24, 2.45) is 5.92 Å². The lowest BCUT2D eigenvalue weighted by atomic mass is 9.96. The van der Waals surface area contributed by atoms with E-state index in [1.54, 1.807) is 19.2 Å². The lowest BCUT2D eigenvalue weighted by molar-refractivity contribution is -0.137. The number of nitrogens with zero attached hydrogens (tertiary/aromatic N) is 1. The molecule has 1 N–H and O–H groups in total. The molecule has 1 saturated heterocycles. The van der Waals surface area contributed by atoms with Gasteiger partial charge in [0.2, 0.25) is 5.91 Å². The lowest BCUT2D eigenvalue weighted by Crippen LogP contribution is -2.44. The summed E-state index contributed by atoms with van der Waals surface area (Å²) >= 11 is 0. The van der Waals surface area contributed by atoms with Gasteiger partial charge < -0.3 is 19.7 Å². The molecule has 1 heterocycles. The van der Waals surface area contributed by atoms with Crippen LogP contribution in [0.3, 0.4) is 0 Å². The Morgan fingerprint density at radius 2 is 1.87 bits per heavy atom. The van der Waals surface area contributed by atoms with Crippen LogP contribution < -0.4 is 10.1 Å². The van der Waals surface area contributed by atoms with E-state index in [2.05, 4.69) is 5.32 Å². The summed E-state index contributed by atoms with van der Waals surface area (Å²) in [6.45, 7) is 3.73. The van der Waals surface area contributed by atoms with E-state index in [4.69, 9.17) is 9.47 Å². The summed E-state index contributed by atoms with van der Waals surface area (Å²) in [5, 5.41) is 3.27. The summed E-state index contributed by atoms with van der Waals surface area (Å²) in [5.41, 5.74) is 0. The minimum Gasteiger partial charge on any atom is -0.492 e. The number of carbonyl (C=O) groups excluding carboxylic acids is 1. The average molecular weight is 324 g/mol. The Morgan fingerprint density at radius 1 is 1.22 bits per heavy atom. The normalized spacial score (nSPS) is 15.4. The first-order valence-corrected chi connectivity index (χ1v) is 8.07. The molecule has 1 aliphatic heterocycles. The minimum absolute atomic E-state index is 0.0823. The van der Waals surface area contributed by atoms with E-state index in [1.807, 2.05) is 4.90 Å². The van der Waals surface area contributed by atoms with Gasteiger partial charge in [-0.1, -0.05) is 0 Å². The van der Waals surface area contributed by atoms with E-state index in [0.29, 0.717) is 32.1 Å². The van der Waals surface area contributed by atoms with Crippen molar-refractivity contribution in [1.29, 1.82) is 0 Å². The fourth-order valence-corrected chi connectivity index (χ4v) is 2.67. The first kappa shape index (κ1) is 17.7. The largest absolute Gasteiger partial charge is 0.492 e. The summed E-state index contributed by atoms with van der Waals surface area (Å²) in [5.74, 6) is 0.567. The number of benzene rings is 1. The van der Waals surface area contributed by atoms with Gasteiger partial charge in [0, 0.05) is 19.6 Å². The van der Waals surface area contributed by atoms with Gasteiger partial charge in [-0.2, -0.15) is 0 Å². The quantitative estimate of drug-likeness (QED) is 0.790. The molecule has 1 aromatic rings. The monoisotopic (exact) mass is 324 g/mol. The molecule has 5 nitrogen and oxygen atoms in total. The van der Waals surface area contributed by atoms with Crippen LogP contribution in [0.15, 0.2) is 24.3 Å².